The Morgan fingerprint density at radius 3 is 2.67 bits per heavy atom. The summed E-state index contributed by atoms with van der Waals surface area (Å²) in [5, 5.41) is 2.73. The van der Waals surface area contributed by atoms with Crippen molar-refractivity contribution in [3.63, 3.8) is 0 Å². The van der Waals surface area contributed by atoms with Crippen LogP contribution in [-0.4, -0.2) is 30.4 Å². The average Bonchev–Trinajstić information content (AvgIpc) is 2.58. The predicted octanol–water partition coefficient (Wildman–Crippen LogP) is 3.10. The highest BCUT2D eigenvalue weighted by molar-refractivity contribution is 8.00. The van der Waals surface area contributed by atoms with Gasteiger partial charge in [-0.05, 0) is 29.8 Å². The van der Waals surface area contributed by atoms with E-state index in [0.717, 1.165) is 4.90 Å². The molecule has 0 spiro atoms. The van der Waals surface area contributed by atoms with Gasteiger partial charge in [0.05, 0.1) is 12.9 Å². The molecule has 0 aliphatic heterocycles. The topological polar surface area (TPSA) is 60.5 Å². The van der Waals surface area contributed by atoms with E-state index in [0.29, 0.717) is 5.56 Å². The Balaban J connectivity index is 1.87. The van der Waals surface area contributed by atoms with Crippen LogP contribution in [-0.2, 0) is 11.3 Å². The van der Waals surface area contributed by atoms with Gasteiger partial charge in [-0.25, -0.2) is 0 Å². The van der Waals surface area contributed by atoms with Gasteiger partial charge in [-0.3, -0.25) is 9.78 Å². The van der Waals surface area contributed by atoms with Gasteiger partial charge >= 0.3 is 6.61 Å². The van der Waals surface area contributed by atoms with Crippen molar-refractivity contribution in [3.8, 4) is 11.5 Å². The van der Waals surface area contributed by atoms with Crippen molar-refractivity contribution in [2.45, 2.75) is 18.1 Å². The molecule has 128 valence electrons. The third kappa shape index (κ3) is 5.69. The summed E-state index contributed by atoms with van der Waals surface area (Å²) in [6.45, 7) is -2.74. The lowest BCUT2D eigenvalue weighted by atomic mass is 10.2. The maximum absolute atomic E-state index is 12.4. The smallest absolute Gasteiger partial charge is 0.387 e. The van der Waals surface area contributed by atoms with Gasteiger partial charge in [0.2, 0.25) is 5.91 Å². The van der Waals surface area contributed by atoms with Crippen molar-refractivity contribution in [2.24, 2.45) is 0 Å². The molecule has 2 rings (SSSR count). The maximum atomic E-state index is 12.4. The molecule has 1 N–H and O–H groups in total. The molecule has 0 radical (unpaired) electrons. The van der Waals surface area contributed by atoms with Gasteiger partial charge in [0.25, 0.3) is 0 Å². The van der Waals surface area contributed by atoms with Gasteiger partial charge in [0.1, 0.15) is 0 Å². The third-order valence-corrected chi connectivity index (χ3v) is 3.97. The second-order valence-corrected chi connectivity index (χ2v) is 5.66. The molecule has 1 amide bonds. The number of carbonyl (C=O) groups is 1. The van der Waals surface area contributed by atoms with Crippen LogP contribution in [0.4, 0.5) is 8.78 Å². The number of methoxy groups -OCH3 is 1. The van der Waals surface area contributed by atoms with Crippen LogP contribution < -0.4 is 14.8 Å². The number of thioether (sulfide) groups is 1. The Bertz CT molecular complexity index is 672. The van der Waals surface area contributed by atoms with Crippen molar-refractivity contribution >= 4 is 17.7 Å². The number of hydrogen-bond acceptors (Lipinski definition) is 5. The second-order valence-electron chi connectivity index (χ2n) is 4.61. The van der Waals surface area contributed by atoms with E-state index in [1.165, 1.54) is 31.0 Å². The Labute approximate surface area is 142 Å². The highest BCUT2D eigenvalue weighted by atomic mass is 32.2. The Hall–Kier alpha value is -2.35. The fourth-order valence-electron chi connectivity index (χ4n) is 1.85. The molecule has 0 aliphatic carbocycles. The zero-order valence-corrected chi connectivity index (χ0v) is 13.7. The Morgan fingerprint density at radius 1 is 1.25 bits per heavy atom. The molecular formula is C16H16F2N2O3S. The van der Waals surface area contributed by atoms with Crippen molar-refractivity contribution in [1.82, 2.24) is 10.3 Å². The zero-order chi connectivity index (χ0) is 17.4. The van der Waals surface area contributed by atoms with Gasteiger partial charge in [-0.2, -0.15) is 8.78 Å². The highest BCUT2D eigenvalue weighted by Gasteiger charge is 2.11. The molecule has 0 unspecified atom stereocenters. The molecule has 0 bridgehead atoms. The van der Waals surface area contributed by atoms with Gasteiger partial charge in [0, 0.05) is 23.8 Å². The summed E-state index contributed by atoms with van der Waals surface area (Å²) in [4.78, 5) is 16.7. The van der Waals surface area contributed by atoms with Crippen LogP contribution in [0.5, 0.6) is 11.5 Å². The van der Waals surface area contributed by atoms with Gasteiger partial charge in [-0.15, -0.1) is 11.8 Å². The lowest BCUT2D eigenvalue weighted by molar-refractivity contribution is -0.118. The summed E-state index contributed by atoms with van der Waals surface area (Å²) in [6, 6.07) is 8.24. The summed E-state index contributed by atoms with van der Waals surface area (Å²) in [5.74, 6) is 0.230. The predicted molar refractivity (Wildman–Crippen MR) is 86.4 cm³/mol. The van der Waals surface area contributed by atoms with Gasteiger partial charge in [0.15, 0.2) is 11.5 Å². The molecular weight excluding hydrogens is 338 g/mol. The molecule has 8 heteroatoms. The summed E-state index contributed by atoms with van der Waals surface area (Å²) in [6.07, 6.45) is 3.31. The molecule has 0 saturated heterocycles. The molecule has 0 atom stereocenters. The average molecular weight is 354 g/mol. The number of nitrogens with one attached hydrogen (secondary N) is 1. The van der Waals surface area contributed by atoms with Crippen molar-refractivity contribution < 1.29 is 23.0 Å². The first-order chi connectivity index (χ1) is 11.6. The number of nitrogens with zero attached hydrogens (tertiary/aromatic N) is 1. The minimum Gasteiger partial charge on any atom is -0.493 e. The van der Waals surface area contributed by atoms with Crippen molar-refractivity contribution in [3.05, 3.63) is 48.3 Å². The largest absolute Gasteiger partial charge is 0.493 e. The highest BCUT2D eigenvalue weighted by Crippen LogP contribution is 2.29. The van der Waals surface area contributed by atoms with Crippen LogP contribution in [0, 0.1) is 0 Å². The molecule has 0 aliphatic rings. The summed E-state index contributed by atoms with van der Waals surface area (Å²) < 4.78 is 34.1. The summed E-state index contributed by atoms with van der Waals surface area (Å²) >= 11 is 1.39. The number of pyridine rings is 1. The first-order valence-electron chi connectivity index (χ1n) is 6.99. The standard InChI is InChI=1S/C16H16F2N2O3S/c1-22-13-3-2-11(8-14(13)23-16(17)18)9-20-15(21)10-24-12-4-6-19-7-5-12/h2-8,16H,9-10H2,1H3,(H,20,21). The van der Waals surface area contributed by atoms with Crippen LogP contribution in [0.2, 0.25) is 0 Å². The lowest BCUT2D eigenvalue weighted by Gasteiger charge is -2.12. The molecule has 1 aromatic carbocycles. The number of hydrogen-bond donors (Lipinski definition) is 1. The van der Waals surface area contributed by atoms with E-state index in [2.05, 4.69) is 15.0 Å². The minimum absolute atomic E-state index is 0.0644. The van der Waals surface area contributed by atoms with Crippen LogP contribution in [0.3, 0.4) is 0 Å². The van der Waals surface area contributed by atoms with E-state index >= 15 is 0 Å². The van der Waals surface area contributed by atoms with Crippen LogP contribution in [0.1, 0.15) is 5.56 Å². The quantitative estimate of drug-likeness (QED) is 0.738. The van der Waals surface area contributed by atoms with Gasteiger partial charge < -0.3 is 14.8 Å². The van der Waals surface area contributed by atoms with E-state index in [4.69, 9.17) is 4.74 Å². The number of carbonyl (C=O) groups excluding carboxylic acids is 1. The molecule has 1 heterocycles. The Kier molecular flexibility index (Phi) is 6.80. The number of aromatic nitrogens is 1. The fourth-order valence-corrected chi connectivity index (χ4v) is 2.57. The van der Waals surface area contributed by atoms with Crippen molar-refractivity contribution in [1.29, 1.82) is 0 Å². The molecule has 24 heavy (non-hydrogen) atoms. The van der Waals surface area contributed by atoms with E-state index in [1.54, 1.807) is 18.5 Å². The van der Waals surface area contributed by atoms with Crippen LogP contribution in [0.25, 0.3) is 0 Å². The number of rotatable bonds is 8. The zero-order valence-electron chi connectivity index (χ0n) is 12.9. The SMILES string of the molecule is COc1ccc(CNC(=O)CSc2ccncc2)cc1OC(F)F. The minimum atomic E-state index is -2.94. The summed E-state index contributed by atoms with van der Waals surface area (Å²) in [7, 11) is 1.37. The van der Waals surface area contributed by atoms with E-state index in [9.17, 15) is 13.6 Å². The third-order valence-electron chi connectivity index (χ3n) is 2.95. The van der Waals surface area contributed by atoms with Crippen LogP contribution >= 0.6 is 11.8 Å². The summed E-state index contributed by atoms with van der Waals surface area (Å²) in [5.41, 5.74) is 0.633. The molecule has 5 nitrogen and oxygen atoms in total. The monoisotopic (exact) mass is 354 g/mol. The van der Waals surface area contributed by atoms with Crippen LogP contribution in [0.15, 0.2) is 47.6 Å². The number of amides is 1. The fraction of sp³-hybridized carbons (Fsp3) is 0.250. The molecule has 2 aromatic rings. The number of benzene rings is 1. The maximum Gasteiger partial charge on any atom is 0.387 e. The molecule has 0 fully saturated rings. The van der Waals surface area contributed by atoms with E-state index < -0.39 is 6.61 Å². The number of halogens is 2. The molecule has 0 saturated carbocycles. The first kappa shape index (κ1) is 18.0. The molecule has 1 aromatic heterocycles. The Morgan fingerprint density at radius 2 is 2.00 bits per heavy atom. The van der Waals surface area contributed by atoms with Crippen molar-refractivity contribution in [2.75, 3.05) is 12.9 Å². The normalized spacial score (nSPS) is 10.5. The first-order valence-corrected chi connectivity index (χ1v) is 7.98. The number of ether oxygens (including phenoxy) is 2. The van der Waals surface area contributed by atoms with Gasteiger partial charge in [-0.1, -0.05) is 6.07 Å². The van der Waals surface area contributed by atoms with E-state index in [1.807, 2.05) is 12.1 Å². The number of alkyl halides is 2. The van der Waals surface area contributed by atoms with E-state index in [-0.39, 0.29) is 29.7 Å². The second kappa shape index (κ2) is 9.07. The lowest BCUT2D eigenvalue weighted by Crippen LogP contribution is -2.24.